The van der Waals surface area contributed by atoms with E-state index in [1.54, 1.807) is 0 Å². The molecule has 0 spiro atoms. The van der Waals surface area contributed by atoms with Gasteiger partial charge in [-0.25, -0.2) is 0 Å². The van der Waals surface area contributed by atoms with Crippen LogP contribution in [0.2, 0.25) is 0 Å². The number of piperidine rings is 1. The van der Waals surface area contributed by atoms with E-state index in [1.165, 1.54) is 0 Å². The highest BCUT2D eigenvalue weighted by Crippen LogP contribution is 2.37. The lowest BCUT2D eigenvalue weighted by Crippen LogP contribution is -2.47. The average molecular weight is 282 g/mol. The van der Waals surface area contributed by atoms with Gasteiger partial charge >= 0.3 is 0 Å². The van der Waals surface area contributed by atoms with E-state index in [1.807, 2.05) is 0 Å². The summed E-state index contributed by atoms with van der Waals surface area (Å²) in [5.74, 6) is 0.169. The van der Waals surface area contributed by atoms with Crippen molar-refractivity contribution in [2.24, 2.45) is 11.8 Å². The summed E-state index contributed by atoms with van der Waals surface area (Å²) >= 11 is 12.2. The Kier molecular flexibility index (Phi) is 4.96. The third kappa shape index (κ3) is 3.27. The van der Waals surface area contributed by atoms with E-state index in [4.69, 9.17) is 23.2 Å². The molecule has 0 amide bonds. The van der Waals surface area contributed by atoms with Gasteiger partial charge in [-0.3, -0.25) is 0 Å². The highest BCUT2D eigenvalue weighted by molar-refractivity contribution is 6.30. The summed E-state index contributed by atoms with van der Waals surface area (Å²) in [6.45, 7) is 1.90. The van der Waals surface area contributed by atoms with E-state index in [9.17, 15) is 10.2 Å². The molecule has 100 valence electrons. The van der Waals surface area contributed by atoms with Crippen LogP contribution in [0.15, 0.2) is 0 Å². The van der Waals surface area contributed by atoms with Gasteiger partial charge in [0.05, 0.1) is 23.0 Å². The number of rotatable bonds is 2. The average Bonchev–Trinajstić information content (AvgIpc) is 2.34. The molecule has 2 aliphatic rings. The molecule has 0 aromatic carbocycles. The van der Waals surface area contributed by atoms with E-state index in [2.05, 4.69) is 5.32 Å². The van der Waals surface area contributed by atoms with E-state index >= 15 is 0 Å². The molecule has 2 rings (SSSR count). The standard InChI is InChI=1S/C12H21Cl2NO2/c13-9-5-8(11(16)6-10(9)14)12(17)7-1-3-15-4-2-7/h7-12,15-17H,1-6H2. The summed E-state index contributed by atoms with van der Waals surface area (Å²) in [5, 5.41) is 23.4. The normalized spacial score (nSPS) is 42.4. The van der Waals surface area contributed by atoms with Gasteiger partial charge in [0.25, 0.3) is 0 Å². The van der Waals surface area contributed by atoms with Gasteiger partial charge < -0.3 is 15.5 Å². The SMILES string of the molecule is OC1CC(Cl)C(Cl)CC1C(O)C1CCNCC1. The van der Waals surface area contributed by atoms with Gasteiger partial charge in [0.15, 0.2) is 0 Å². The summed E-state index contributed by atoms with van der Waals surface area (Å²) in [7, 11) is 0. The number of aliphatic hydroxyl groups is 2. The summed E-state index contributed by atoms with van der Waals surface area (Å²) in [5.41, 5.74) is 0. The molecule has 0 aromatic heterocycles. The highest BCUT2D eigenvalue weighted by Gasteiger charge is 2.40. The van der Waals surface area contributed by atoms with Crippen LogP contribution in [0.5, 0.6) is 0 Å². The molecule has 1 aliphatic carbocycles. The zero-order chi connectivity index (χ0) is 12.4. The molecule has 5 atom stereocenters. The first-order valence-electron chi connectivity index (χ1n) is 6.44. The zero-order valence-electron chi connectivity index (χ0n) is 9.86. The minimum Gasteiger partial charge on any atom is -0.393 e. The van der Waals surface area contributed by atoms with Crippen LogP contribution >= 0.6 is 23.2 Å². The van der Waals surface area contributed by atoms with Crippen LogP contribution in [0.4, 0.5) is 0 Å². The van der Waals surface area contributed by atoms with E-state index in [0.717, 1.165) is 25.9 Å². The van der Waals surface area contributed by atoms with Crippen LogP contribution in [0.1, 0.15) is 25.7 Å². The Morgan fingerprint density at radius 3 is 2.29 bits per heavy atom. The minimum absolute atomic E-state index is 0.115. The first-order chi connectivity index (χ1) is 8.09. The fourth-order valence-corrected chi connectivity index (χ4v) is 3.61. The molecule has 1 saturated carbocycles. The topological polar surface area (TPSA) is 52.5 Å². The van der Waals surface area contributed by atoms with Gasteiger partial charge in [-0.05, 0) is 44.7 Å². The summed E-state index contributed by atoms with van der Waals surface area (Å²) in [4.78, 5) is 0. The molecule has 5 unspecified atom stereocenters. The molecule has 0 radical (unpaired) electrons. The van der Waals surface area contributed by atoms with Gasteiger partial charge in [0, 0.05) is 5.92 Å². The molecule has 0 aromatic rings. The number of aliphatic hydroxyl groups excluding tert-OH is 2. The van der Waals surface area contributed by atoms with Gasteiger partial charge in [-0.1, -0.05) is 0 Å². The van der Waals surface area contributed by atoms with Crippen molar-refractivity contribution in [1.29, 1.82) is 0 Å². The number of alkyl halides is 2. The van der Waals surface area contributed by atoms with Gasteiger partial charge in [-0.15, -0.1) is 23.2 Å². The highest BCUT2D eigenvalue weighted by atomic mass is 35.5. The lowest BCUT2D eigenvalue weighted by atomic mass is 9.76. The monoisotopic (exact) mass is 281 g/mol. The van der Waals surface area contributed by atoms with Gasteiger partial charge in [0.2, 0.25) is 0 Å². The third-order valence-corrected chi connectivity index (χ3v) is 5.25. The molecule has 1 heterocycles. The summed E-state index contributed by atoms with van der Waals surface area (Å²) in [6, 6.07) is 0. The smallest absolute Gasteiger partial charge is 0.0622 e. The quantitative estimate of drug-likeness (QED) is 0.670. The number of halogens is 2. The van der Waals surface area contributed by atoms with Gasteiger partial charge in [-0.2, -0.15) is 0 Å². The molecule has 3 nitrogen and oxygen atoms in total. The first kappa shape index (κ1) is 13.9. The maximum atomic E-state index is 10.4. The molecule has 3 N–H and O–H groups in total. The number of hydrogen-bond acceptors (Lipinski definition) is 3. The molecule has 2 fully saturated rings. The zero-order valence-corrected chi connectivity index (χ0v) is 11.4. The second-order valence-electron chi connectivity index (χ2n) is 5.31. The largest absolute Gasteiger partial charge is 0.393 e. The van der Waals surface area contributed by atoms with Crippen LogP contribution < -0.4 is 5.32 Å². The minimum atomic E-state index is -0.516. The third-order valence-electron chi connectivity index (χ3n) is 4.16. The Hall–Kier alpha value is 0.460. The second-order valence-corrected chi connectivity index (χ2v) is 6.43. The molecular weight excluding hydrogens is 261 g/mol. The maximum absolute atomic E-state index is 10.4. The Balaban J connectivity index is 1.95. The van der Waals surface area contributed by atoms with Crippen molar-refractivity contribution in [1.82, 2.24) is 5.32 Å². The Bertz CT molecular complexity index is 249. The van der Waals surface area contributed by atoms with Crippen molar-refractivity contribution >= 4 is 23.2 Å². The fourth-order valence-electron chi connectivity index (χ4n) is 3.02. The molecule has 0 bridgehead atoms. The molecule has 1 aliphatic heterocycles. The predicted molar refractivity (Wildman–Crippen MR) is 69.6 cm³/mol. The molecule has 5 heteroatoms. The van der Waals surface area contributed by atoms with Crippen molar-refractivity contribution in [3.05, 3.63) is 0 Å². The lowest BCUT2D eigenvalue weighted by molar-refractivity contribution is -0.0429. The van der Waals surface area contributed by atoms with E-state index < -0.39 is 12.2 Å². The van der Waals surface area contributed by atoms with Crippen LogP contribution in [-0.2, 0) is 0 Å². The van der Waals surface area contributed by atoms with E-state index in [0.29, 0.717) is 12.8 Å². The summed E-state index contributed by atoms with van der Waals surface area (Å²) in [6.07, 6.45) is 2.09. The number of hydrogen-bond donors (Lipinski definition) is 3. The Morgan fingerprint density at radius 2 is 1.65 bits per heavy atom. The summed E-state index contributed by atoms with van der Waals surface area (Å²) < 4.78 is 0. The second kappa shape index (κ2) is 6.07. The van der Waals surface area contributed by atoms with E-state index in [-0.39, 0.29) is 22.6 Å². The van der Waals surface area contributed by atoms with Crippen molar-refractivity contribution < 1.29 is 10.2 Å². The number of nitrogens with one attached hydrogen (secondary N) is 1. The van der Waals surface area contributed by atoms with Crippen molar-refractivity contribution in [2.75, 3.05) is 13.1 Å². The van der Waals surface area contributed by atoms with Crippen molar-refractivity contribution in [3.8, 4) is 0 Å². The first-order valence-corrected chi connectivity index (χ1v) is 7.32. The van der Waals surface area contributed by atoms with Gasteiger partial charge in [0.1, 0.15) is 0 Å². The molecule has 17 heavy (non-hydrogen) atoms. The lowest BCUT2D eigenvalue weighted by Gasteiger charge is -2.40. The van der Waals surface area contributed by atoms with Crippen LogP contribution in [-0.4, -0.2) is 46.3 Å². The molecular formula is C12H21Cl2NO2. The molecule has 1 saturated heterocycles. The maximum Gasteiger partial charge on any atom is 0.0622 e. The van der Waals surface area contributed by atoms with Crippen LogP contribution in [0.25, 0.3) is 0 Å². The fraction of sp³-hybridized carbons (Fsp3) is 1.00. The van der Waals surface area contributed by atoms with Crippen molar-refractivity contribution in [2.45, 2.75) is 48.6 Å². The van der Waals surface area contributed by atoms with Crippen LogP contribution in [0, 0.1) is 11.8 Å². The Morgan fingerprint density at radius 1 is 1.06 bits per heavy atom. The Labute approximate surface area is 112 Å². The van der Waals surface area contributed by atoms with Crippen molar-refractivity contribution in [3.63, 3.8) is 0 Å². The predicted octanol–water partition coefficient (Wildman–Crippen LogP) is 1.33. The van der Waals surface area contributed by atoms with Crippen LogP contribution in [0.3, 0.4) is 0 Å².